The van der Waals surface area contributed by atoms with Gasteiger partial charge < -0.3 is 8.83 Å². The molecule has 10 aromatic rings. The van der Waals surface area contributed by atoms with Crippen LogP contribution in [0.25, 0.3) is 99.8 Å². The van der Waals surface area contributed by atoms with Crippen molar-refractivity contribution >= 4 is 137 Å². The summed E-state index contributed by atoms with van der Waals surface area (Å²) in [6.07, 6.45) is 1.54. The summed E-state index contributed by atoms with van der Waals surface area (Å²) in [7, 11) is 45.0. The number of aromatic nitrogens is 2. The van der Waals surface area contributed by atoms with Crippen molar-refractivity contribution < 1.29 is 8.83 Å². The van der Waals surface area contributed by atoms with Crippen LogP contribution in [0.3, 0.4) is 0 Å². The van der Waals surface area contributed by atoms with E-state index in [2.05, 4.69) is 94.9 Å². The van der Waals surface area contributed by atoms with Gasteiger partial charge in [0.2, 0.25) is 0 Å². The third-order valence-electron chi connectivity index (χ3n) is 10.8. The van der Waals surface area contributed by atoms with Crippen LogP contribution in [0.4, 0.5) is 0 Å². The van der Waals surface area contributed by atoms with Gasteiger partial charge in [0.25, 0.3) is 0 Å². The fourth-order valence-electron chi connectivity index (χ4n) is 7.83. The molecular weight excluding hydrogens is 688 g/mol. The van der Waals surface area contributed by atoms with Gasteiger partial charge in [0.15, 0.2) is 5.58 Å². The SMILES string of the molecule is [B]c1c([B])c([B])c2c(oc3c(-c4cccc(-c5ncnc6c5oc5ccc(-c7cccc(-c8ccc(-c9ccccc9)cc8)c7)cc56)c4)c([B])c([B])c([B])c32)c1[B]. The summed E-state index contributed by atoms with van der Waals surface area (Å²) in [6.45, 7) is 0. The Hall–Kier alpha value is -6.33. The zero-order chi connectivity index (χ0) is 39.1. The van der Waals surface area contributed by atoms with Crippen molar-refractivity contribution in [3.63, 3.8) is 0 Å². The lowest BCUT2D eigenvalue weighted by atomic mass is 9.64. The highest BCUT2D eigenvalue weighted by atomic mass is 16.3. The van der Waals surface area contributed by atoms with Crippen LogP contribution in [0.2, 0.25) is 0 Å². The van der Waals surface area contributed by atoms with E-state index < -0.39 is 0 Å². The van der Waals surface area contributed by atoms with E-state index >= 15 is 0 Å². The third kappa shape index (κ3) is 5.55. The standard InChI is InChI=1S/C46H21B7N2O2/c47-35-32(44-33(36(48)38(35)50)34-37(49)39(51)40(52)41(53)45(34)57-44)28-10-5-11-29(19-28)42-46-43(55-21-54-42)30-20-27(16-17-31(30)56-46)26-9-4-8-25(18-26)24-14-12-23(13-15-24)22-6-2-1-3-7-22/h1-21H. The molecule has 4 nitrogen and oxygen atoms in total. The van der Waals surface area contributed by atoms with Crippen molar-refractivity contribution in [1.82, 2.24) is 9.97 Å². The zero-order valence-electron chi connectivity index (χ0n) is 30.4. The summed E-state index contributed by atoms with van der Waals surface area (Å²) in [5, 5.41) is 1.73. The van der Waals surface area contributed by atoms with Crippen molar-refractivity contribution in [2.24, 2.45) is 0 Å². The normalized spacial score (nSPS) is 11.6. The number of nitrogens with zero attached hydrogens (tertiary/aromatic N) is 2. The summed E-state index contributed by atoms with van der Waals surface area (Å²) in [6, 6.07) is 41.3. The first kappa shape index (κ1) is 35.1. The quantitative estimate of drug-likeness (QED) is 0.252. The van der Waals surface area contributed by atoms with Crippen LogP contribution in [-0.2, 0) is 0 Å². The van der Waals surface area contributed by atoms with Gasteiger partial charge in [-0.2, -0.15) is 0 Å². The Morgan fingerprint density at radius 2 is 0.895 bits per heavy atom. The van der Waals surface area contributed by atoms with Gasteiger partial charge in [0, 0.05) is 27.3 Å². The summed E-state index contributed by atoms with van der Waals surface area (Å²) < 4.78 is 12.8. The average molecular weight is 709 g/mol. The maximum atomic E-state index is 6.68. The van der Waals surface area contributed by atoms with Gasteiger partial charge in [-0.25, -0.2) is 9.97 Å². The van der Waals surface area contributed by atoms with E-state index in [-0.39, 0.29) is 43.8 Å². The Kier molecular flexibility index (Phi) is 8.26. The topological polar surface area (TPSA) is 52.1 Å². The van der Waals surface area contributed by atoms with E-state index in [0.29, 0.717) is 49.9 Å². The monoisotopic (exact) mass is 710 g/mol. The van der Waals surface area contributed by atoms with Crippen molar-refractivity contribution in [3.8, 4) is 55.8 Å². The van der Waals surface area contributed by atoms with Gasteiger partial charge in [-0.15, -0.1) is 16.4 Å². The van der Waals surface area contributed by atoms with Crippen LogP contribution in [0.1, 0.15) is 0 Å². The molecule has 0 atom stereocenters. The number of benzene rings is 7. The molecule has 0 spiro atoms. The molecule has 0 N–H and O–H groups in total. The minimum Gasteiger partial charge on any atom is -0.456 e. The number of furan rings is 2. The highest BCUT2D eigenvalue weighted by Crippen LogP contribution is 2.38. The predicted molar refractivity (Wildman–Crippen MR) is 241 cm³/mol. The molecular formula is C46H21B7N2O2. The highest BCUT2D eigenvalue weighted by molar-refractivity contribution is 6.69. The summed E-state index contributed by atoms with van der Waals surface area (Å²) >= 11 is 0. The molecule has 3 heterocycles. The number of hydrogen-bond acceptors (Lipinski definition) is 4. The predicted octanol–water partition coefficient (Wildman–Crippen LogP) is 4.17. The maximum Gasteiger partial charge on any atom is 0.180 e. The fraction of sp³-hybridized carbons (Fsp3) is 0. The van der Waals surface area contributed by atoms with E-state index in [9.17, 15) is 0 Å². The van der Waals surface area contributed by atoms with E-state index in [1.54, 1.807) is 6.33 Å². The molecule has 0 bridgehead atoms. The molecule has 11 heteroatoms. The second-order valence-corrected chi connectivity index (χ2v) is 14.1. The van der Waals surface area contributed by atoms with Gasteiger partial charge in [-0.3, -0.25) is 0 Å². The Morgan fingerprint density at radius 1 is 0.368 bits per heavy atom. The molecule has 14 radical (unpaired) electrons. The molecule has 57 heavy (non-hydrogen) atoms. The molecule has 10 rings (SSSR count). The van der Waals surface area contributed by atoms with Crippen molar-refractivity contribution in [2.45, 2.75) is 0 Å². The van der Waals surface area contributed by atoms with E-state index in [1.807, 2.05) is 36.4 Å². The molecule has 0 saturated heterocycles. The largest absolute Gasteiger partial charge is 0.456 e. The molecule has 0 unspecified atom stereocenters. The third-order valence-corrected chi connectivity index (χ3v) is 10.8. The van der Waals surface area contributed by atoms with Crippen molar-refractivity contribution in [1.29, 1.82) is 0 Å². The lowest BCUT2D eigenvalue weighted by Crippen LogP contribution is -2.47. The first-order valence-corrected chi connectivity index (χ1v) is 18.2. The summed E-state index contributed by atoms with van der Waals surface area (Å²) in [5.41, 5.74) is 12.9. The van der Waals surface area contributed by atoms with E-state index in [0.717, 1.165) is 33.2 Å². The van der Waals surface area contributed by atoms with Gasteiger partial charge >= 0.3 is 0 Å². The van der Waals surface area contributed by atoms with Crippen molar-refractivity contribution in [2.75, 3.05) is 0 Å². The molecule has 0 saturated carbocycles. The minimum absolute atomic E-state index is 0.117. The second kappa shape index (κ2) is 13.4. The summed E-state index contributed by atoms with van der Waals surface area (Å²) in [4.78, 5) is 9.37. The van der Waals surface area contributed by atoms with Gasteiger partial charge in [0.05, 0.1) is 0 Å². The molecule has 0 amide bonds. The highest BCUT2D eigenvalue weighted by Gasteiger charge is 2.23. The smallest absolute Gasteiger partial charge is 0.180 e. The lowest BCUT2D eigenvalue weighted by molar-refractivity contribution is 0.667. The fourth-order valence-corrected chi connectivity index (χ4v) is 7.83. The number of hydrogen-bond donors (Lipinski definition) is 0. The Bertz CT molecular complexity index is 3270. The van der Waals surface area contributed by atoms with Crippen LogP contribution in [-0.4, -0.2) is 64.9 Å². The lowest BCUT2D eigenvalue weighted by Gasteiger charge is -2.16. The number of rotatable bonds is 5. The zero-order valence-corrected chi connectivity index (χ0v) is 30.4. The van der Waals surface area contributed by atoms with Gasteiger partial charge in [0.1, 0.15) is 89.2 Å². The second-order valence-electron chi connectivity index (χ2n) is 14.1. The van der Waals surface area contributed by atoms with Crippen LogP contribution in [0.15, 0.2) is 136 Å². The molecule has 3 aromatic heterocycles. The first-order valence-electron chi connectivity index (χ1n) is 18.2. The Morgan fingerprint density at radius 3 is 1.63 bits per heavy atom. The van der Waals surface area contributed by atoms with E-state index in [4.69, 9.17) is 63.8 Å². The van der Waals surface area contributed by atoms with Crippen LogP contribution >= 0.6 is 0 Å². The minimum atomic E-state index is 0.117. The van der Waals surface area contributed by atoms with Crippen LogP contribution in [0.5, 0.6) is 0 Å². The van der Waals surface area contributed by atoms with Crippen molar-refractivity contribution in [3.05, 3.63) is 128 Å². The number of fused-ring (bicyclic) bond motifs is 6. The van der Waals surface area contributed by atoms with Crippen LogP contribution in [0, 0.1) is 0 Å². The molecule has 7 aromatic carbocycles. The van der Waals surface area contributed by atoms with E-state index in [1.165, 1.54) is 11.1 Å². The van der Waals surface area contributed by atoms with Crippen LogP contribution < -0.4 is 38.2 Å². The Labute approximate surface area is 338 Å². The van der Waals surface area contributed by atoms with Gasteiger partial charge in [-0.1, -0.05) is 119 Å². The first-order chi connectivity index (χ1) is 27.7. The average Bonchev–Trinajstić information content (AvgIpc) is 3.84. The maximum absolute atomic E-state index is 6.68. The van der Waals surface area contributed by atoms with Gasteiger partial charge in [-0.05, 0) is 63.2 Å². The molecule has 0 aliphatic carbocycles. The molecule has 0 fully saturated rings. The summed E-state index contributed by atoms with van der Waals surface area (Å²) in [5.74, 6) is 0. The molecule has 248 valence electrons. The Balaban J connectivity index is 1.06. The molecule has 0 aliphatic rings. The molecule has 0 aliphatic heterocycles.